The Labute approximate surface area is 277 Å². The van der Waals surface area contributed by atoms with Crippen molar-refractivity contribution in [1.29, 1.82) is 0 Å². The summed E-state index contributed by atoms with van der Waals surface area (Å²) >= 11 is 9.06. The number of amidine groups is 1. The van der Waals surface area contributed by atoms with Crippen LogP contribution in [0.3, 0.4) is 0 Å². The van der Waals surface area contributed by atoms with E-state index in [1.807, 2.05) is 0 Å². The number of amides is 1. The maximum absolute atomic E-state index is 12.8. The molecule has 6 N–H and O–H groups in total. The number of nitrogens with zero attached hydrogens (tertiary/aromatic N) is 1. The summed E-state index contributed by atoms with van der Waals surface area (Å²) < 4.78 is 68.7. The van der Waals surface area contributed by atoms with Gasteiger partial charge in [-0.2, -0.15) is 26.2 Å². The van der Waals surface area contributed by atoms with E-state index >= 15 is 0 Å². The van der Waals surface area contributed by atoms with Crippen molar-refractivity contribution in [2.24, 2.45) is 16.6 Å². The number of rotatable bonds is 19. The van der Waals surface area contributed by atoms with Gasteiger partial charge in [0.25, 0.3) is 5.91 Å². The van der Waals surface area contributed by atoms with Crippen LogP contribution in [0, 0.1) is 17.8 Å². The lowest BCUT2D eigenvalue weighted by Gasteiger charge is -2.22. The van der Waals surface area contributed by atoms with Crippen molar-refractivity contribution in [3.8, 4) is 11.8 Å². The van der Waals surface area contributed by atoms with Crippen LogP contribution in [0.4, 0.5) is 0 Å². The summed E-state index contributed by atoms with van der Waals surface area (Å²) in [7, 11) is -17.4. The average Bonchev–Trinajstić information content (AvgIpc) is 3.32. The highest BCUT2D eigenvalue weighted by molar-refractivity contribution is 8.28. The molecule has 1 fully saturated rings. The number of carbonyl (C=O) groups is 2. The Bertz CT molecular complexity index is 1380. The van der Waals surface area contributed by atoms with E-state index in [4.69, 9.17) is 50.2 Å². The van der Waals surface area contributed by atoms with Crippen LogP contribution in [0.15, 0.2) is 16.6 Å². The number of nitrogens with two attached hydrogens (primary N) is 1. The lowest BCUT2D eigenvalue weighted by Crippen LogP contribution is -2.33. The highest BCUT2D eigenvalue weighted by Gasteiger charge is 2.45. The number of carbonyl (C=O) groups excluding carboxylic acids is 2. The van der Waals surface area contributed by atoms with Gasteiger partial charge in [0.05, 0.1) is 55.2 Å². The molecule has 0 aromatic rings. The SMILES string of the molecule is CS(=S)CO[C@H]1C[C@H](C2C=C(C#CCCC(=O)OCCCCOCS)C(N)=NC2=O)O[C@@H]1COP(=O)(O)OP(=O)(O)OP(=O)(O)O. The number of phosphoric ester groups is 1. The second-order valence-corrected chi connectivity index (χ2v) is 17.2. The molecule has 24 heteroatoms. The van der Waals surface area contributed by atoms with Crippen LogP contribution in [-0.2, 0) is 76.0 Å². The number of esters is 1. The van der Waals surface area contributed by atoms with Crippen molar-refractivity contribution in [3.05, 3.63) is 11.6 Å². The molecule has 1 amide bonds. The number of hydrogen-bond acceptors (Lipinski definition) is 15. The molecule has 0 aromatic heterocycles. The lowest BCUT2D eigenvalue weighted by atomic mass is 9.93. The van der Waals surface area contributed by atoms with E-state index in [1.54, 1.807) is 6.26 Å². The van der Waals surface area contributed by atoms with Crippen LogP contribution in [0.2, 0.25) is 0 Å². The van der Waals surface area contributed by atoms with Crippen LogP contribution < -0.4 is 5.73 Å². The van der Waals surface area contributed by atoms with Gasteiger partial charge in [0, 0.05) is 19.4 Å². The van der Waals surface area contributed by atoms with Gasteiger partial charge in [-0.1, -0.05) is 21.3 Å². The number of aliphatic imine (C=N–C) groups is 1. The first-order chi connectivity index (χ1) is 21.4. The summed E-state index contributed by atoms with van der Waals surface area (Å²) in [6.07, 6.45) is 1.81. The van der Waals surface area contributed by atoms with E-state index in [9.17, 15) is 33.1 Å². The van der Waals surface area contributed by atoms with Gasteiger partial charge in [0.1, 0.15) is 11.9 Å². The summed E-state index contributed by atoms with van der Waals surface area (Å²) in [5, 5.41) is 0. The molecule has 0 bridgehead atoms. The minimum atomic E-state index is -5.73. The van der Waals surface area contributed by atoms with Crippen molar-refractivity contribution < 1.29 is 75.0 Å². The number of thiol groups is 1. The largest absolute Gasteiger partial charge is 0.490 e. The third-order valence-electron chi connectivity index (χ3n) is 5.75. The summed E-state index contributed by atoms with van der Waals surface area (Å²) in [4.78, 5) is 65.1. The highest BCUT2D eigenvalue weighted by atomic mass is 32.8. The monoisotopic (exact) mass is 772 g/mol. The Balaban J connectivity index is 2.05. The molecule has 262 valence electrons. The van der Waals surface area contributed by atoms with Crippen molar-refractivity contribution in [1.82, 2.24) is 0 Å². The third-order valence-corrected chi connectivity index (χ3v) is 10.5. The topological polar surface area (TPSA) is 269 Å². The van der Waals surface area contributed by atoms with E-state index in [0.717, 1.165) is 6.42 Å². The van der Waals surface area contributed by atoms with Crippen LogP contribution in [0.1, 0.15) is 32.1 Å². The van der Waals surface area contributed by atoms with Crippen LogP contribution in [0.25, 0.3) is 0 Å². The predicted octanol–water partition coefficient (Wildman–Crippen LogP) is 0.991. The normalized spacial score (nSPS) is 25.0. The Kier molecular flexibility index (Phi) is 17.4. The Morgan fingerprint density at radius 1 is 1.20 bits per heavy atom. The number of phosphoric acid groups is 3. The van der Waals surface area contributed by atoms with E-state index in [0.29, 0.717) is 19.0 Å². The standard InChI is InChI=1S/C22H35N2O16P3S3/c1-46(45)14-36-18-11-17(38-19(18)12-37-42(30,31)40-43(32,33)39-41(27,28)29)16-10-15(21(23)24-22(16)26)6-2-3-7-20(25)35-9-5-4-8-34-13-44/h10,16-19,44H,3-5,7-9,11-14H2,1H3,(H,30,31)(H,32,33)(H2,23,24,26)(H2,27,28,29)/t16?,17-,18+,19-,46?/m1/s1. The second kappa shape index (κ2) is 19.3. The summed E-state index contributed by atoms with van der Waals surface area (Å²) in [5.41, 5.74) is 6.10. The molecule has 7 atom stereocenters. The number of hydrogen-bond donors (Lipinski definition) is 6. The molecular formula is C22H35N2O16P3S3. The van der Waals surface area contributed by atoms with E-state index in [1.165, 1.54) is 6.08 Å². The first kappa shape index (κ1) is 41.3. The van der Waals surface area contributed by atoms with Gasteiger partial charge >= 0.3 is 29.4 Å². The Morgan fingerprint density at radius 3 is 2.54 bits per heavy atom. The fraction of sp³-hybridized carbons (Fsp3) is 0.682. The van der Waals surface area contributed by atoms with Gasteiger partial charge < -0.3 is 44.3 Å². The fourth-order valence-corrected chi connectivity index (χ4v) is 7.56. The molecule has 0 saturated carbocycles. The molecular weight excluding hydrogens is 737 g/mol. The van der Waals surface area contributed by atoms with Gasteiger partial charge in [-0.3, -0.25) is 14.1 Å². The molecule has 2 heterocycles. The summed E-state index contributed by atoms with van der Waals surface area (Å²) in [5.74, 6) is 3.71. The average molecular weight is 773 g/mol. The van der Waals surface area contributed by atoms with Gasteiger partial charge in [0.15, 0.2) is 0 Å². The predicted molar refractivity (Wildman–Crippen MR) is 169 cm³/mol. The number of dihydropyridines is 1. The molecule has 0 aliphatic carbocycles. The fourth-order valence-electron chi connectivity index (χ4n) is 3.87. The number of ether oxygens (including phenoxy) is 4. The molecule has 0 spiro atoms. The zero-order valence-corrected chi connectivity index (χ0v) is 29.5. The van der Waals surface area contributed by atoms with E-state index < -0.39 is 75.6 Å². The molecule has 2 aliphatic heterocycles. The molecule has 2 rings (SSSR count). The molecule has 0 radical (unpaired) electrons. The van der Waals surface area contributed by atoms with Crippen LogP contribution in [0.5, 0.6) is 0 Å². The van der Waals surface area contributed by atoms with Gasteiger partial charge in [0.2, 0.25) is 0 Å². The Morgan fingerprint density at radius 2 is 1.89 bits per heavy atom. The minimum Gasteiger partial charge on any atom is -0.466 e. The quantitative estimate of drug-likeness (QED) is 0.0267. The molecule has 2 aliphatic rings. The third kappa shape index (κ3) is 16.0. The van der Waals surface area contributed by atoms with Gasteiger partial charge in [-0.05, 0) is 36.4 Å². The smallest absolute Gasteiger partial charge is 0.466 e. The molecule has 4 unspecified atom stereocenters. The lowest BCUT2D eigenvalue weighted by molar-refractivity contribution is -0.143. The molecule has 1 saturated heterocycles. The van der Waals surface area contributed by atoms with E-state index in [2.05, 4.69) is 38.1 Å². The first-order valence-corrected chi connectivity index (χ1v) is 21.1. The summed E-state index contributed by atoms with van der Waals surface area (Å²) in [6.45, 7) is -0.0246. The maximum atomic E-state index is 12.8. The van der Waals surface area contributed by atoms with Gasteiger partial charge in [-0.15, -0.1) is 0 Å². The second-order valence-electron chi connectivity index (χ2n) is 9.44. The molecule has 46 heavy (non-hydrogen) atoms. The minimum absolute atomic E-state index is 0.0246. The van der Waals surface area contributed by atoms with Crippen LogP contribution >= 0.6 is 36.1 Å². The van der Waals surface area contributed by atoms with Crippen molar-refractivity contribution in [3.63, 3.8) is 0 Å². The molecule has 0 aromatic carbocycles. The van der Waals surface area contributed by atoms with Gasteiger partial charge in [-0.25, -0.2) is 13.7 Å². The highest BCUT2D eigenvalue weighted by Crippen LogP contribution is 2.66. The summed E-state index contributed by atoms with van der Waals surface area (Å²) in [6, 6.07) is 0. The van der Waals surface area contributed by atoms with Crippen molar-refractivity contribution >= 4 is 74.5 Å². The first-order valence-electron chi connectivity index (χ1n) is 13.2. The zero-order valence-electron chi connectivity index (χ0n) is 24.3. The van der Waals surface area contributed by atoms with Crippen molar-refractivity contribution in [2.75, 3.05) is 38.0 Å². The van der Waals surface area contributed by atoms with Crippen molar-refractivity contribution in [2.45, 2.75) is 50.4 Å². The number of unbranched alkanes of at least 4 members (excludes halogenated alkanes) is 1. The zero-order chi connectivity index (χ0) is 34.5. The van der Waals surface area contributed by atoms with E-state index in [-0.39, 0.29) is 43.2 Å². The Hall–Kier alpha value is -0.880. The maximum Gasteiger partial charge on any atom is 0.490 e. The van der Waals surface area contributed by atoms with Crippen LogP contribution in [-0.4, -0.2) is 93.6 Å². The molecule has 18 nitrogen and oxygen atoms in total.